The summed E-state index contributed by atoms with van der Waals surface area (Å²) < 4.78 is 0. The molecule has 0 saturated heterocycles. The van der Waals surface area contributed by atoms with Crippen LogP contribution in [-0.4, -0.2) is 15.9 Å². The van der Waals surface area contributed by atoms with Crippen molar-refractivity contribution >= 4 is 5.91 Å². The van der Waals surface area contributed by atoms with E-state index < -0.39 is 6.23 Å². The highest BCUT2D eigenvalue weighted by Gasteiger charge is 2.34. The van der Waals surface area contributed by atoms with Crippen LogP contribution in [0.5, 0.6) is 0 Å². The van der Waals surface area contributed by atoms with Crippen molar-refractivity contribution in [1.29, 1.82) is 0 Å². The minimum atomic E-state index is -0.844. The first-order chi connectivity index (χ1) is 9.18. The number of aliphatic hydroxyl groups is 1. The molecule has 0 radical (unpaired) electrons. The maximum absolute atomic E-state index is 12.3. The van der Waals surface area contributed by atoms with Crippen LogP contribution >= 0.6 is 0 Å². The van der Waals surface area contributed by atoms with Crippen molar-refractivity contribution in [2.45, 2.75) is 19.7 Å². The van der Waals surface area contributed by atoms with Crippen LogP contribution < -0.4 is 0 Å². The van der Waals surface area contributed by atoms with Gasteiger partial charge < -0.3 is 10.0 Å². The predicted octanol–water partition coefficient (Wildman–Crippen LogP) is 2.64. The third kappa shape index (κ3) is 1.92. The van der Waals surface area contributed by atoms with Crippen molar-refractivity contribution in [3.8, 4) is 0 Å². The lowest BCUT2D eigenvalue weighted by atomic mass is 10.1. The second kappa shape index (κ2) is 4.52. The van der Waals surface area contributed by atoms with Gasteiger partial charge in [0.05, 0.1) is 0 Å². The number of nitrogens with zero attached hydrogens (tertiary/aromatic N) is 1. The number of amides is 1. The second-order valence-electron chi connectivity index (χ2n) is 4.82. The number of benzene rings is 2. The van der Waals surface area contributed by atoms with Crippen molar-refractivity contribution in [1.82, 2.24) is 4.90 Å². The maximum atomic E-state index is 12.3. The van der Waals surface area contributed by atoms with Gasteiger partial charge in [-0.3, -0.25) is 4.79 Å². The molecule has 0 fully saturated rings. The van der Waals surface area contributed by atoms with Crippen LogP contribution in [0.4, 0.5) is 0 Å². The summed E-state index contributed by atoms with van der Waals surface area (Å²) in [6, 6.07) is 15.1. The van der Waals surface area contributed by atoms with E-state index in [0.29, 0.717) is 17.7 Å². The fourth-order valence-corrected chi connectivity index (χ4v) is 2.48. The Labute approximate surface area is 112 Å². The molecule has 1 amide bonds. The molecule has 1 unspecified atom stereocenters. The highest BCUT2D eigenvalue weighted by Crippen LogP contribution is 2.32. The number of rotatable bonds is 2. The van der Waals surface area contributed by atoms with Gasteiger partial charge in [0, 0.05) is 17.7 Å². The smallest absolute Gasteiger partial charge is 0.256 e. The molecular formula is C16H15NO2. The zero-order chi connectivity index (χ0) is 13.4. The fraction of sp³-hybridized carbons (Fsp3) is 0.188. The molecule has 3 nitrogen and oxygen atoms in total. The first-order valence-corrected chi connectivity index (χ1v) is 6.31. The zero-order valence-corrected chi connectivity index (χ0v) is 10.7. The van der Waals surface area contributed by atoms with E-state index in [0.717, 1.165) is 11.1 Å². The average molecular weight is 253 g/mol. The Morgan fingerprint density at radius 3 is 2.53 bits per heavy atom. The van der Waals surface area contributed by atoms with E-state index in [9.17, 15) is 9.90 Å². The molecule has 0 spiro atoms. The molecule has 96 valence electrons. The van der Waals surface area contributed by atoms with Crippen LogP contribution in [0.1, 0.15) is 33.3 Å². The van der Waals surface area contributed by atoms with Crippen molar-refractivity contribution in [2.75, 3.05) is 0 Å². The fourth-order valence-electron chi connectivity index (χ4n) is 2.48. The first kappa shape index (κ1) is 11.9. The predicted molar refractivity (Wildman–Crippen MR) is 72.5 cm³/mol. The van der Waals surface area contributed by atoms with Crippen LogP contribution in [0, 0.1) is 6.92 Å². The van der Waals surface area contributed by atoms with Crippen LogP contribution in [0.2, 0.25) is 0 Å². The summed E-state index contributed by atoms with van der Waals surface area (Å²) in [6.45, 7) is 2.44. The van der Waals surface area contributed by atoms with Crippen molar-refractivity contribution < 1.29 is 9.90 Å². The van der Waals surface area contributed by atoms with E-state index in [1.807, 2.05) is 43.3 Å². The Bertz CT molecular complexity index is 636. The van der Waals surface area contributed by atoms with E-state index >= 15 is 0 Å². The molecule has 1 atom stereocenters. The monoisotopic (exact) mass is 253 g/mol. The Morgan fingerprint density at radius 1 is 1.11 bits per heavy atom. The number of fused-ring (bicyclic) bond motifs is 1. The minimum Gasteiger partial charge on any atom is -0.369 e. The molecule has 0 aromatic heterocycles. The summed E-state index contributed by atoms with van der Waals surface area (Å²) in [6.07, 6.45) is -0.844. The third-order valence-corrected chi connectivity index (χ3v) is 3.63. The number of carbonyl (C=O) groups is 1. The lowest BCUT2D eigenvalue weighted by molar-refractivity contribution is 0.0137. The third-order valence-electron chi connectivity index (χ3n) is 3.63. The number of hydrogen-bond donors (Lipinski definition) is 1. The minimum absolute atomic E-state index is 0.105. The van der Waals surface area contributed by atoms with Gasteiger partial charge in [0.15, 0.2) is 6.23 Å². The standard InChI is InChI=1S/C16H15NO2/c1-11-6-2-3-7-12(11)10-17-15(18)13-8-4-5-9-14(13)16(17)19/h2-9,15,18H,10H2,1H3. The van der Waals surface area contributed by atoms with Gasteiger partial charge in [0.25, 0.3) is 5.91 Å². The molecule has 19 heavy (non-hydrogen) atoms. The highest BCUT2D eigenvalue weighted by molar-refractivity contribution is 5.98. The van der Waals surface area contributed by atoms with Crippen molar-refractivity contribution in [2.24, 2.45) is 0 Å². The van der Waals surface area contributed by atoms with Gasteiger partial charge in [0.1, 0.15) is 0 Å². The first-order valence-electron chi connectivity index (χ1n) is 6.31. The highest BCUT2D eigenvalue weighted by atomic mass is 16.3. The van der Waals surface area contributed by atoms with Gasteiger partial charge in [0.2, 0.25) is 0 Å². The van der Waals surface area contributed by atoms with E-state index in [4.69, 9.17) is 0 Å². The van der Waals surface area contributed by atoms with Crippen molar-refractivity contribution in [3.63, 3.8) is 0 Å². The van der Waals surface area contributed by atoms with Gasteiger partial charge in [-0.25, -0.2) is 0 Å². The van der Waals surface area contributed by atoms with Crippen LogP contribution in [0.25, 0.3) is 0 Å². The van der Waals surface area contributed by atoms with Crippen molar-refractivity contribution in [3.05, 3.63) is 70.8 Å². The molecule has 3 heteroatoms. The zero-order valence-electron chi connectivity index (χ0n) is 10.7. The van der Waals surface area contributed by atoms with Gasteiger partial charge in [-0.05, 0) is 24.1 Å². The molecule has 2 aromatic carbocycles. The second-order valence-corrected chi connectivity index (χ2v) is 4.82. The number of aliphatic hydroxyl groups excluding tert-OH is 1. The largest absolute Gasteiger partial charge is 0.369 e. The molecule has 0 saturated carbocycles. The van der Waals surface area contributed by atoms with Crippen LogP contribution in [-0.2, 0) is 6.54 Å². The van der Waals surface area contributed by atoms with Gasteiger partial charge in [-0.15, -0.1) is 0 Å². The van der Waals surface area contributed by atoms with Gasteiger partial charge >= 0.3 is 0 Å². The molecule has 3 rings (SSSR count). The summed E-state index contributed by atoms with van der Waals surface area (Å²) >= 11 is 0. The Balaban J connectivity index is 1.93. The van der Waals surface area contributed by atoms with E-state index in [2.05, 4.69) is 0 Å². The van der Waals surface area contributed by atoms with E-state index in [1.54, 1.807) is 12.1 Å². The molecule has 1 N–H and O–H groups in total. The van der Waals surface area contributed by atoms with Gasteiger partial charge in [-0.2, -0.15) is 0 Å². The van der Waals surface area contributed by atoms with Crippen LogP contribution in [0.15, 0.2) is 48.5 Å². The molecule has 1 aliphatic rings. The molecule has 1 heterocycles. The normalized spacial score (nSPS) is 17.7. The summed E-state index contributed by atoms with van der Waals surface area (Å²) in [4.78, 5) is 13.8. The van der Waals surface area contributed by atoms with Crippen LogP contribution in [0.3, 0.4) is 0 Å². The Morgan fingerprint density at radius 2 is 1.79 bits per heavy atom. The molecule has 2 aromatic rings. The summed E-state index contributed by atoms with van der Waals surface area (Å²) in [5, 5.41) is 10.3. The van der Waals surface area contributed by atoms with E-state index in [-0.39, 0.29) is 5.91 Å². The summed E-state index contributed by atoms with van der Waals surface area (Å²) in [5.41, 5.74) is 3.48. The lowest BCUT2D eigenvalue weighted by Gasteiger charge is -2.21. The molecule has 1 aliphatic heterocycles. The molecular weight excluding hydrogens is 238 g/mol. The van der Waals surface area contributed by atoms with Gasteiger partial charge in [-0.1, -0.05) is 42.5 Å². The lowest BCUT2D eigenvalue weighted by Crippen LogP contribution is -2.27. The Hall–Kier alpha value is -2.13. The van der Waals surface area contributed by atoms with E-state index in [1.165, 1.54) is 4.90 Å². The maximum Gasteiger partial charge on any atom is 0.256 e. The summed E-state index contributed by atoms with van der Waals surface area (Å²) in [7, 11) is 0. The summed E-state index contributed by atoms with van der Waals surface area (Å²) in [5.74, 6) is -0.105. The Kier molecular flexibility index (Phi) is 2.84. The average Bonchev–Trinajstić information content (AvgIpc) is 2.67. The SMILES string of the molecule is Cc1ccccc1CN1C(=O)c2ccccc2C1O. The number of aryl methyl sites for hydroxylation is 1. The molecule has 0 aliphatic carbocycles. The number of carbonyl (C=O) groups excluding carboxylic acids is 1. The topological polar surface area (TPSA) is 40.5 Å². The number of hydrogen-bond acceptors (Lipinski definition) is 2. The quantitative estimate of drug-likeness (QED) is 0.893. The molecule has 0 bridgehead atoms.